The Morgan fingerprint density at radius 2 is 2.06 bits per heavy atom. The summed E-state index contributed by atoms with van der Waals surface area (Å²) >= 11 is 11.8. The lowest BCUT2D eigenvalue weighted by molar-refractivity contribution is -0.122. The van der Waals surface area contributed by atoms with Crippen molar-refractivity contribution in [3.63, 3.8) is 0 Å². The molecule has 0 spiro atoms. The zero-order valence-corrected chi connectivity index (χ0v) is 10.2. The fourth-order valence-electron chi connectivity index (χ4n) is 1.88. The molecular weight excluding hydrogens is 249 g/mol. The molecule has 1 aromatic rings. The Labute approximate surface area is 104 Å². The van der Waals surface area contributed by atoms with Gasteiger partial charge in [0.1, 0.15) is 6.10 Å². The predicted octanol–water partition coefficient (Wildman–Crippen LogP) is 2.26. The Morgan fingerprint density at radius 1 is 1.44 bits per heavy atom. The van der Waals surface area contributed by atoms with Gasteiger partial charge in [-0.25, -0.2) is 0 Å². The minimum absolute atomic E-state index is 0.462. The molecule has 1 atom stereocenters. The van der Waals surface area contributed by atoms with Crippen LogP contribution in [0.15, 0.2) is 24.3 Å². The highest BCUT2D eigenvalue weighted by molar-refractivity contribution is 6.60. The molecule has 16 heavy (non-hydrogen) atoms. The van der Waals surface area contributed by atoms with Crippen molar-refractivity contribution in [1.82, 2.24) is 0 Å². The van der Waals surface area contributed by atoms with Gasteiger partial charge in [0.2, 0.25) is 4.33 Å². The number of aliphatic hydroxyl groups excluding tert-OH is 1. The third-order valence-corrected chi connectivity index (χ3v) is 3.45. The van der Waals surface area contributed by atoms with E-state index in [0.29, 0.717) is 17.8 Å². The molecule has 1 heterocycles. The molecule has 3 nitrogen and oxygen atoms in total. The molecule has 0 aliphatic carbocycles. The van der Waals surface area contributed by atoms with Crippen LogP contribution in [0.1, 0.15) is 18.6 Å². The summed E-state index contributed by atoms with van der Waals surface area (Å²) in [5.41, 5.74) is 1.24. The summed E-state index contributed by atoms with van der Waals surface area (Å²) in [6, 6.07) is 7.06. The molecule has 1 N–H and O–H groups in total. The first-order valence-corrected chi connectivity index (χ1v) is 5.72. The van der Waals surface area contributed by atoms with E-state index in [1.165, 1.54) is 4.90 Å². The fourth-order valence-corrected chi connectivity index (χ4v) is 2.32. The zero-order chi connectivity index (χ0) is 11.9. The Morgan fingerprint density at radius 3 is 2.69 bits per heavy atom. The second-order valence-electron chi connectivity index (χ2n) is 3.63. The van der Waals surface area contributed by atoms with Crippen LogP contribution in [0.2, 0.25) is 0 Å². The molecule has 0 radical (unpaired) electrons. The highest BCUT2D eigenvalue weighted by atomic mass is 35.5. The molecule has 0 saturated carbocycles. The molecule has 0 unspecified atom stereocenters. The molecule has 0 aromatic heterocycles. The van der Waals surface area contributed by atoms with E-state index in [4.69, 9.17) is 23.2 Å². The summed E-state index contributed by atoms with van der Waals surface area (Å²) in [6.07, 6.45) is -1.19. The van der Waals surface area contributed by atoms with E-state index in [2.05, 4.69) is 0 Å². The lowest BCUT2D eigenvalue weighted by Crippen LogP contribution is -2.50. The van der Waals surface area contributed by atoms with E-state index in [1.54, 1.807) is 24.3 Å². The van der Waals surface area contributed by atoms with Crippen LogP contribution in [-0.2, 0) is 4.79 Å². The number of anilines is 1. The number of fused-ring (bicyclic) bond motifs is 1. The van der Waals surface area contributed by atoms with Crippen LogP contribution >= 0.6 is 23.2 Å². The van der Waals surface area contributed by atoms with Crippen LogP contribution in [-0.4, -0.2) is 21.9 Å². The van der Waals surface area contributed by atoms with Crippen molar-refractivity contribution in [2.24, 2.45) is 0 Å². The highest BCUT2D eigenvalue weighted by Gasteiger charge is 2.49. The second kappa shape index (κ2) is 3.91. The van der Waals surface area contributed by atoms with E-state index in [0.717, 1.165) is 0 Å². The maximum atomic E-state index is 12.0. The van der Waals surface area contributed by atoms with Gasteiger partial charge < -0.3 is 10.0 Å². The van der Waals surface area contributed by atoms with E-state index in [-0.39, 0.29) is 0 Å². The molecule has 5 heteroatoms. The van der Waals surface area contributed by atoms with Crippen molar-refractivity contribution in [2.45, 2.75) is 17.4 Å². The summed E-state index contributed by atoms with van der Waals surface area (Å²) in [5, 5.41) is 9.96. The Kier molecular flexibility index (Phi) is 2.86. The third-order valence-electron chi connectivity index (χ3n) is 2.71. The standard InChI is InChI=1S/C11H11Cl2NO2/c1-2-14-8-6-4-3-5-7(8)9(15)11(12,13)10(14)16/h3-6,9,15H,2H2,1H3/t9-/m1/s1. The highest BCUT2D eigenvalue weighted by Crippen LogP contribution is 2.45. The number of aliphatic hydroxyl groups is 1. The fraction of sp³-hybridized carbons (Fsp3) is 0.364. The topological polar surface area (TPSA) is 40.5 Å². The monoisotopic (exact) mass is 259 g/mol. The van der Waals surface area contributed by atoms with Crippen molar-refractivity contribution >= 4 is 34.8 Å². The van der Waals surface area contributed by atoms with Crippen LogP contribution in [0.4, 0.5) is 5.69 Å². The van der Waals surface area contributed by atoms with Crippen molar-refractivity contribution in [3.8, 4) is 0 Å². The smallest absolute Gasteiger partial charge is 0.266 e. The summed E-state index contributed by atoms with van der Waals surface area (Å²) in [6.45, 7) is 2.29. The van der Waals surface area contributed by atoms with E-state index in [1.807, 2.05) is 6.92 Å². The third kappa shape index (κ3) is 1.51. The van der Waals surface area contributed by atoms with Crippen molar-refractivity contribution in [2.75, 3.05) is 11.4 Å². The number of nitrogens with zero attached hydrogens (tertiary/aromatic N) is 1. The molecule has 0 saturated heterocycles. The summed E-state index contributed by atoms with van der Waals surface area (Å²) in [4.78, 5) is 13.4. The normalized spacial score (nSPS) is 23.1. The van der Waals surface area contributed by atoms with Crippen molar-refractivity contribution in [1.29, 1.82) is 0 Å². The quantitative estimate of drug-likeness (QED) is 0.787. The first-order valence-electron chi connectivity index (χ1n) is 4.97. The van der Waals surface area contributed by atoms with Gasteiger partial charge in [0.15, 0.2) is 0 Å². The molecule has 1 amide bonds. The predicted molar refractivity (Wildman–Crippen MR) is 63.9 cm³/mol. The number of rotatable bonds is 1. The van der Waals surface area contributed by atoms with Crippen LogP contribution in [0.25, 0.3) is 0 Å². The number of alkyl halides is 2. The van der Waals surface area contributed by atoms with Crippen molar-refractivity contribution < 1.29 is 9.90 Å². The lowest BCUT2D eigenvalue weighted by Gasteiger charge is -2.38. The molecule has 1 aliphatic heterocycles. The maximum Gasteiger partial charge on any atom is 0.266 e. The maximum absolute atomic E-state index is 12.0. The average molecular weight is 260 g/mol. The second-order valence-corrected chi connectivity index (χ2v) is 5.02. The number of carbonyl (C=O) groups is 1. The average Bonchev–Trinajstić information content (AvgIpc) is 2.28. The van der Waals surface area contributed by atoms with E-state index in [9.17, 15) is 9.90 Å². The van der Waals surface area contributed by atoms with Crippen molar-refractivity contribution in [3.05, 3.63) is 29.8 Å². The van der Waals surface area contributed by atoms with Crippen LogP contribution in [0, 0.1) is 0 Å². The van der Waals surface area contributed by atoms with Gasteiger partial charge in [0, 0.05) is 17.8 Å². The number of benzene rings is 1. The van der Waals surface area contributed by atoms with Gasteiger partial charge in [-0.2, -0.15) is 0 Å². The van der Waals surface area contributed by atoms with Gasteiger partial charge in [-0.1, -0.05) is 41.4 Å². The Hall–Kier alpha value is -0.770. The van der Waals surface area contributed by atoms with Crippen LogP contribution < -0.4 is 4.90 Å². The van der Waals surface area contributed by atoms with Crippen LogP contribution in [0.3, 0.4) is 0 Å². The summed E-state index contributed by atoms with van der Waals surface area (Å²) in [5.74, 6) is -0.482. The number of halogens is 2. The first kappa shape index (κ1) is 11.7. The lowest BCUT2D eigenvalue weighted by atomic mass is 9.97. The van der Waals surface area contributed by atoms with Gasteiger partial charge in [-0.15, -0.1) is 0 Å². The molecule has 1 aliphatic rings. The van der Waals surface area contributed by atoms with Gasteiger partial charge >= 0.3 is 0 Å². The number of hydrogen-bond donors (Lipinski definition) is 1. The molecule has 1 aromatic carbocycles. The largest absolute Gasteiger partial charge is 0.385 e. The SMILES string of the molecule is CCN1C(=O)C(Cl)(Cl)[C@H](O)c2ccccc21. The van der Waals surface area contributed by atoms with Gasteiger partial charge in [0.05, 0.1) is 0 Å². The minimum atomic E-state index is -1.80. The van der Waals surface area contributed by atoms with Crippen LogP contribution in [0.5, 0.6) is 0 Å². The van der Waals surface area contributed by atoms with E-state index >= 15 is 0 Å². The summed E-state index contributed by atoms with van der Waals surface area (Å²) < 4.78 is -1.80. The van der Waals surface area contributed by atoms with E-state index < -0.39 is 16.3 Å². The number of amides is 1. The number of para-hydroxylation sites is 1. The molecule has 86 valence electrons. The van der Waals surface area contributed by atoms with Gasteiger partial charge in [0.25, 0.3) is 5.91 Å². The molecular formula is C11H11Cl2NO2. The first-order chi connectivity index (χ1) is 7.50. The Balaban J connectivity index is 2.62. The minimum Gasteiger partial charge on any atom is -0.385 e. The number of hydrogen-bond acceptors (Lipinski definition) is 2. The molecule has 0 bridgehead atoms. The Bertz CT molecular complexity index is 434. The molecule has 0 fully saturated rings. The van der Waals surface area contributed by atoms with Gasteiger partial charge in [-0.3, -0.25) is 4.79 Å². The number of carbonyl (C=O) groups excluding carboxylic acids is 1. The molecule has 2 rings (SSSR count). The van der Waals surface area contributed by atoms with Gasteiger partial charge in [-0.05, 0) is 13.0 Å². The summed E-state index contributed by atoms with van der Waals surface area (Å²) in [7, 11) is 0. The zero-order valence-electron chi connectivity index (χ0n) is 8.65.